The molecule has 1 aliphatic heterocycles. The maximum Gasteiger partial charge on any atom is 0.155 e. The zero-order chi connectivity index (χ0) is 11.7. The molecule has 4 nitrogen and oxygen atoms in total. The van der Waals surface area contributed by atoms with E-state index in [9.17, 15) is 0 Å². The van der Waals surface area contributed by atoms with Gasteiger partial charge in [-0.15, -0.1) is 0 Å². The molecule has 4 heteroatoms. The smallest absolute Gasteiger partial charge is 0.155 e. The van der Waals surface area contributed by atoms with E-state index in [1.807, 2.05) is 16.8 Å². The van der Waals surface area contributed by atoms with Crippen molar-refractivity contribution in [1.82, 2.24) is 19.9 Å². The second kappa shape index (κ2) is 4.45. The van der Waals surface area contributed by atoms with E-state index in [1.165, 1.54) is 25.1 Å². The molecule has 1 saturated heterocycles. The number of aryl methyl sites for hydroxylation is 1. The fourth-order valence-corrected chi connectivity index (χ4v) is 2.66. The summed E-state index contributed by atoms with van der Waals surface area (Å²) in [5.74, 6) is 0.734. The van der Waals surface area contributed by atoms with Gasteiger partial charge in [0.05, 0.1) is 6.20 Å². The first-order valence-electron chi connectivity index (χ1n) is 6.34. The second-order valence-corrected chi connectivity index (χ2v) is 4.91. The molecule has 90 valence electrons. The third-order valence-corrected chi connectivity index (χ3v) is 3.46. The van der Waals surface area contributed by atoms with Crippen molar-refractivity contribution in [1.29, 1.82) is 0 Å². The highest BCUT2D eigenvalue weighted by Crippen LogP contribution is 2.17. The van der Waals surface area contributed by atoms with Crippen molar-refractivity contribution in [2.24, 2.45) is 5.92 Å². The lowest BCUT2D eigenvalue weighted by molar-refractivity contribution is 0.371. The molecule has 1 atom stereocenters. The van der Waals surface area contributed by atoms with Gasteiger partial charge in [0.25, 0.3) is 0 Å². The van der Waals surface area contributed by atoms with Gasteiger partial charge in [0, 0.05) is 17.5 Å². The van der Waals surface area contributed by atoms with Crippen LogP contribution in [0.25, 0.3) is 5.65 Å². The van der Waals surface area contributed by atoms with Gasteiger partial charge in [-0.3, -0.25) is 0 Å². The van der Waals surface area contributed by atoms with Crippen LogP contribution >= 0.6 is 0 Å². The molecule has 0 aromatic carbocycles. The summed E-state index contributed by atoms with van der Waals surface area (Å²) in [6, 6.07) is 4.13. The molecular weight excluding hydrogens is 212 g/mol. The summed E-state index contributed by atoms with van der Waals surface area (Å²) in [6.07, 6.45) is 5.52. The highest BCUT2D eigenvalue weighted by molar-refractivity contribution is 5.38. The number of nitrogens with one attached hydrogen (secondary N) is 1. The minimum Gasteiger partial charge on any atom is -0.316 e. The third kappa shape index (κ3) is 2.17. The number of piperidine rings is 1. The normalized spacial score (nSPS) is 20.9. The van der Waals surface area contributed by atoms with Crippen LogP contribution < -0.4 is 5.32 Å². The third-order valence-electron chi connectivity index (χ3n) is 3.46. The molecule has 0 bridgehead atoms. The molecule has 1 aliphatic rings. The summed E-state index contributed by atoms with van der Waals surface area (Å²) in [5.41, 5.74) is 3.33. The summed E-state index contributed by atoms with van der Waals surface area (Å²) < 4.78 is 1.97. The molecule has 3 rings (SSSR count). The van der Waals surface area contributed by atoms with Crippen LogP contribution in [0.15, 0.2) is 18.3 Å². The quantitative estimate of drug-likeness (QED) is 0.851. The Labute approximate surface area is 101 Å². The van der Waals surface area contributed by atoms with Gasteiger partial charge in [-0.25, -0.2) is 9.50 Å². The number of fused-ring (bicyclic) bond motifs is 1. The molecule has 0 spiro atoms. The fourth-order valence-electron chi connectivity index (χ4n) is 2.66. The van der Waals surface area contributed by atoms with Crippen LogP contribution in [0.5, 0.6) is 0 Å². The van der Waals surface area contributed by atoms with Crippen molar-refractivity contribution in [3.05, 3.63) is 29.7 Å². The van der Waals surface area contributed by atoms with Crippen molar-refractivity contribution in [2.75, 3.05) is 13.1 Å². The van der Waals surface area contributed by atoms with Gasteiger partial charge in [-0.05, 0) is 51.3 Å². The lowest BCUT2D eigenvalue weighted by Gasteiger charge is -2.22. The molecule has 2 aromatic rings. The molecule has 1 unspecified atom stereocenters. The molecule has 1 N–H and O–H groups in total. The van der Waals surface area contributed by atoms with Crippen LogP contribution in [0.3, 0.4) is 0 Å². The second-order valence-electron chi connectivity index (χ2n) is 4.91. The Morgan fingerprint density at radius 2 is 2.47 bits per heavy atom. The standard InChI is InChI=1S/C13H18N4/c1-10-7-12(8-11-3-2-5-14-9-11)17-13(16-10)4-6-15-17/h4,6-7,11,14H,2-3,5,8-9H2,1H3. The number of hydrogen-bond acceptors (Lipinski definition) is 3. The fraction of sp³-hybridized carbons (Fsp3) is 0.538. The SMILES string of the molecule is Cc1cc(CC2CCCNC2)n2nccc2n1. The predicted molar refractivity (Wildman–Crippen MR) is 67.0 cm³/mol. The van der Waals surface area contributed by atoms with Gasteiger partial charge in [-0.1, -0.05) is 0 Å². The maximum atomic E-state index is 4.47. The molecule has 2 aromatic heterocycles. The first-order valence-corrected chi connectivity index (χ1v) is 6.34. The van der Waals surface area contributed by atoms with Gasteiger partial charge in [0.2, 0.25) is 0 Å². The van der Waals surface area contributed by atoms with Crippen molar-refractivity contribution in [2.45, 2.75) is 26.2 Å². The number of rotatable bonds is 2. The molecular formula is C13H18N4. The first-order chi connectivity index (χ1) is 8.33. The van der Waals surface area contributed by atoms with E-state index in [-0.39, 0.29) is 0 Å². The van der Waals surface area contributed by atoms with Crippen LogP contribution in [0.2, 0.25) is 0 Å². The summed E-state index contributed by atoms with van der Waals surface area (Å²) in [5, 5.41) is 7.83. The Balaban J connectivity index is 1.90. The van der Waals surface area contributed by atoms with Crippen molar-refractivity contribution >= 4 is 5.65 Å². The Hall–Kier alpha value is -1.42. The summed E-state index contributed by atoms with van der Waals surface area (Å²) in [6.45, 7) is 4.35. The average Bonchev–Trinajstić information content (AvgIpc) is 2.78. The highest BCUT2D eigenvalue weighted by atomic mass is 15.2. The lowest BCUT2D eigenvalue weighted by atomic mass is 9.94. The summed E-state index contributed by atoms with van der Waals surface area (Å²) in [7, 11) is 0. The Bertz CT molecular complexity index is 511. The van der Waals surface area contributed by atoms with Crippen LogP contribution in [0.4, 0.5) is 0 Å². The van der Waals surface area contributed by atoms with E-state index in [4.69, 9.17) is 0 Å². The van der Waals surface area contributed by atoms with Gasteiger partial charge in [-0.2, -0.15) is 5.10 Å². The Morgan fingerprint density at radius 1 is 1.53 bits per heavy atom. The predicted octanol–water partition coefficient (Wildman–Crippen LogP) is 1.58. The Kier molecular flexibility index (Phi) is 2.81. The largest absolute Gasteiger partial charge is 0.316 e. The summed E-state index contributed by atoms with van der Waals surface area (Å²) in [4.78, 5) is 4.47. The minimum atomic E-state index is 0.734. The maximum absolute atomic E-state index is 4.47. The zero-order valence-electron chi connectivity index (χ0n) is 10.2. The molecule has 0 radical (unpaired) electrons. The summed E-state index contributed by atoms with van der Waals surface area (Å²) >= 11 is 0. The van der Waals surface area contributed by atoms with E-state index >= 15 is 0 Å². The van der Waals surface area contributed by atoms with E-state index in [2.05, 4.69) is 28.4 Å². The molecule has 0 amide bonds. The first kappa shape index (κ1) is 10.7. The minimum absolute atomic E-state index is 0.734. The van der Waals surface area contributed by atoms with Gasteiger partial charge >= 0.3 is 0 Å². The van der Waals surface area contributed by atoms with Gasteiger partial charge < -0.3 is 5.32 Å². The monoisotopic (exact) mass is 230 g/mol. The van der Waals surface area contributed by atoms with Gasteiger partial charge in [0.15, 0.2) is 5.65 Å². The molecule has 0 saturated carbocycles. The van der Waals surface area contributed by atoms with Crippen LogP contribution in [0.1, 0.15) is 24.2 Å². The van der Waals surface area contributed by atoms with Crippen molar-refractivity contribution < 1.29 is 0 Å². The van der Waals surface area contributed by atoms with Crippen LogP contribution in [0, 0.1) is 12.8 Å². The van der Waals surface area contributed by atoms with E-state index < -0.39 is 0 Å². The zero-order valence-corrected chi connectivity index (χ0v) is 10.2. The van der Waals surface area contributed by atoms with Gasteiger partial charge in [0.1, 0.15) is 0 Å². The lowest BCUT2D eigenvalue weighted by Crippen LogP contribution is -2.31. The number of aromatic nitrogens is 3. The highest BCUT2D eigenvalue weighted by Gasteiger charge is 2.15. The van der Waals surface area contributed by atoms with Crippen LogP contribution in [-0.2, 0) is 6.42 Å². The molecule has 3 heterocycles. The van der Waals surface area contributed by atoms with E-state index in [0.29, 0.717) is 0 Å². The Morgan fingerprint density at radius 3 is 3.29 bits per heavy atom. The van der Waals surface area contributed by atoms with Crippen LogP contribution in [-0.4, -0.2) is 27.7 Å². The average molecular weight is 230 g/mol. The van der Waals surface area contributed by atoms with Crippen molar-refractivity contribution in [3.8, 4) is 0 Å². The number of nitrogens with zero attached hydrogens (tertiary/aromatic N) is 3. The molecule has 17 heavy (non-hydrogen) atoms. The molecule has 1 fully saturated rings. The van der Waals surface area contributed by atoms with E-state index in [0.717, 1.165) is 30.2 Å². The van der Waals surface area contributed by atoms with E-state index in [1.54, 1.807) is 0 Å². The topological polar surface area (TPSA) is 42.2 Å². The number of hydrogen-bond donors (Lipinski definition) is 1. The van der Waals surface area contributed by atoms with Crippen molar-refractivity contribution in [3.63, 3.8) is 0 Å². The molecule has 0 aliphatic carbocycles.